The normalized spacial score (nSPS) is 10.9. The zero-order valence-corrected chi connectivity index (χ0v) is 9.92. The molecule has 0 bridgehead atoms. The molecule has 1 aromatic carbocycles. The van der Waals surface area contributed by atoms with Crippen molar-refractivity contribution >= 4 is 11.7 Å². The Kier molecular flexibility index (Phi) is 2.67. The number of rotatable bonds is 2. The molecule has 3 rings (SSSR count). The molecule has 0 saturated carbocycles. The van der Waals surface area contributed by atoms with Crippen LogP contribution >= 0.6 is 0 Å². The second-order valence-electron chi connectivity index (χ2n) is 4.09. The molecule has 3 aromatic rings. The van der Waals surface area contributed by atoms with E-state index in [1.54, 1.807) is 0 Å². The average molecular weight is 275 g/mol. The Morgan fingerprint density at radius 3 is 2.55 bits per heavy atom. The molecule has 0 radical (unpaired) electrons. The van der Waals surface area contributed by atoms with Crippen LogP contribution in [0.4, 0.5) is 8.78 Å². The molecule has 100 valence electrons. The third-order valence-corrected chi connectivity index (χ3v) is 2.75. The van der Waals surface area contributed by atoms with Gasteiger partial charge in [0.2, 0.25) is 5.78 Å². The number of aromatic nitrogens is 3. The van der Waals surface area contributed by atoms with Crippen LogP contribution in [0.25, 0.3) is 17.0 Å². The highest BCUT2D eigenvalue weighted by Crippen LogP contribution is 2.22. The van der Waals surface area contributed by atoms with Crippen LogP contribution in [0.5, 0.6) is 0 Å². The third kappa shape index (κ3) is 1.99. The number of carboxylic acids is 1. The highest BCUT2D eigenvalue weighted by atomic mass is 19.1. The van der Waals surface area contributed by atoms with Crippen molar-refractivity contribution in [1.29, 1.82) is 0 Å². The van der Waals surface area contributed by atoms with E-state index in [1.165, 1.54) is 22.9 Å². The molecule has 5 nitrogen and oxygen atoms in total. The topological polar surface area (TPSA) is 67.5 Å². The van der Waals surface area contributed by atoms with Crippen molar-refractivity contribution < 1.29 is 18.7 Å². The average Bonchev–Trinajstić information content (AvgIpc) is 2.81. The Bertz CT molecular complexity index is 809. The second-order valence-corrected chi connectivity index (χ2v) is 4.09. The standard InChI is InChI=1S/C13H7F2N3O2/c14-8-3-7(4-9(15)5-8)11-1-2-16-13-17-10(12(19)20)6-18(11)13/h1-6H,(H,19,20). The molecule has 0 saturated heterocycles. The lowest BCUT2D eigenvalue weighted by molar-refractivity contribution is 0.0691. The van der Waals surface area contributed by atoms with E-state index in [4.69, 9.17) is 5.11 Å². The maximum absolute atomic E-state index is 13.3. The fraction of sp³-hybridized carbons (Fsp3) is 0. The van der Waals surface area contributed by atoms with Gasteiger partial charge in [0.25, 0.3) is 0 Å². The Hall–Kier alpha value is -2.83. The van der Waals surface area contributed by atoms with Crippen molar-refractivity contribution in [3.63, 3.8) is 0 Å². The lowest BCUT2D eigenvalue weighted by Crippen LogP contribution is -1.95. The van der Waals surface area contributed by atoms with Gasteiger partial charge in [-0.1, -0.05) is 0 Å². The van der Waals surface area contributed by atoms with Gasteiger partial charge in [0.15, 0.2) is 5.69 Å². The van der Waals surface area contributed by atoms with E-state index in [-0.39, 0.29) is 17.0 Å². The molecule has 1 N–H and O–H groups in total. The number of carboxylic acid groups (broad SMARTS) is 1. The Morgan fingerprint density at radius 2 is 1.90 bits per heavy atom. The summed E-state index contributed by atoms with van der Waals surface area (Å²) in [5, 5.41) is 8.91. The van der Waals surface area contributed by atoms with Crippen LogP contribution < -0.4 is 0 Å². The molecule has 0 aliphatic heterocycles. The Balaban J connectivity index is 2.27. The van der Waals surface area contributed by atoms with Gasteiger partial charge in [-0.15, -0.1) is 0 Å². The molecule has 0 fully saturated rings. The first-order valence-corrected chi connectivity index (χ1v) is 5.58. The maximum Gasteiger partial charge on any atom is 0.356 e. The van der Waals surface area contributed by atoms with E-state index in [0.717, 1.165) is 18.2 Å². The summed E-state index contributed by atoms with van der Waals surface area (Å²) < 4.78 is 27.9. The molecular weight excluding hydrogens is 268 g/mol. The SMILES string of the molecule is O=C(O)c1cn2c(-c3cc(F)cc(F)c3)ccnc2n1. The van der Waals surface area contributed by atoms with Gasteiger partial charge in [-0.2, -0.15) is 0 Å². The number of carbonyl (C=O) groups is 1. The van der Waals surface area contributed by atoms with E-state index in [2.05, 4.69) is 9.97 Å². The second kappa shape index (κ2) is 4.37. The fourth-order valence-electron chi connectivity index (χ4n) is 1.93. The molecule has 0 aliphatic carbocycles. The van der Waals surface area contributed by atoms with E-state index in [0.29, 0.717) is 5.69 Å². The molecule has 0 unspecified atom stereocenters. The first kappa shape index (κ1) is 12.2. The first-order chi connectivity index (χ1) is 9.54. The van der Waals surface area contributed by atoms with Gasteiger partial charge in [0.05, 0.1) is 5.69 Å². The van der Waals surface area contributed by atoms with Crippen LogP contribution in [-0.2, 0) is 0 Å². The summed E-state index contributed by atoms with van der Waals surface area (Å²) in [6.45, 7) is 0. The number of benzene rings is 1. The smallest absolute Gasteiger partial charge is 0.356 e. The largest absolute Gasteiger partial charge is 0.476 e. The van der Waals surface area contributed by atoms with Crippen LogP contribution in [0.3, 0.4) is 0 Å². The number of halogens is 2. The van der Waals surface area contributed by atoms with E-state index in [9.17, 15) is 13.6 Å². The minimum absolute atomic E-state index is 0.143. The molecule has 2 heterocycles. The number of aromatic carboxylic acids is 1. The predicted molar refractivity (Wildman–Crippen MR) is 65.3 cm³/mol. The summed E-state index contributed by atoms with van der Waals surface area (Å²) in [6.07, 6.45) is 2.65. The molecule has 20 heavy (non-hydrogen) atoms. The van der Waals surface area contributed by atoms with Gasteiger partial charge in [-0.05, 0) is 18.2 Å². The zero-order valence-electron chi connectivity index (χ0n) is 9.92. The number of fused-ring (bicyclic) bond motifs is 1. The van der Waals surface area contributed by atoms with E-state index >= 15 is 0 Å². The molecule has 0 atom stereocenters. The predicted octanol–water partition coefficient (Wildman–Crippen LogP) is 2.37. The van der Waals surface area contributed by atoms with E-state index in [1.807, 2.05) is 0 Å². The van der Waals surface area contributed by atoms with E-state index < -0.39 is 17.6 Å². The van der Waals surface area contributed by atoms with Crippen LogP contribution in [0, 0.1) is 11.6 Å². The van der Waals surface area contributed by atoms with Crippen molar-refractivity contribution in [2.75, 3.05) is 0 Å². The highest BCUT2D eigenvalue weighted by Gasteiger charge is 2.13. The summed E-state index contributed by atoms with van der Waals surface area (Å²) in [5.74, 6) is -2.50. The molecule has 0 aliphatic rings. The van der Waals surface area contributed by atoms with Gasteiger partial charge in [-0.25, -0.2) is 23.5 Å². The molecule has 0 spiro atoms. The number of imidazole rings is 1. The lowest BCUT2D eigenvalue weighted by Gasteiger charge is -2.05. The maximum atomic E-state index is 13.3. The quantitative estimate of drug-likeness (QED) is 0.779. The molecule has 0 amide bonds. The number of nitrogens with zero attached hydrogens (tertiary/aromatic N) is 3. The Labute approximate surface area is 111 Å². The van der Waals surface area contributed by atoms with Gasteiger partial charge in [0, 0.05) is 24.0 Å². The monoisotopic (exact) mass is 275 g/mol. The number of hydrogen-bond acceptors (Lipinski definition) is 3. The van der Waals surface area contributed by atoms with Gasteiger partial charge in [-0.3, -0.25) is 4.40 Å². The van der Waals surface area contributed by atoms with Crippen molar-refractivity contribution in [3.8, 4) is 11.3 Å². The van der Waals surface area contributed by atoms with Crippen LogP contribution in [0.15, 0.2) is 36.7 Å². The number of hydrogen-bond donors (Lipinski definition) is 1. The molecule has 7 heteroatoms. The lowest BCUT2D eigenvalue weighted by atomic mass is 10.1. The van der Waals surface area contributed by atoms with Crippen LogP contribution in [0.2, 0.25) is 0 Å². The minimum Gasteiger partial charge on any atom is -0.476 e. The third-order valence-electron chi connectivity index (χ3n) is 2.75. The summed E-state index contributed by atoms with van der Waals surface area (Å²) in [6, 6.07) is 4.59. The van der Waals surface area contributed by atoms with Gasteiger partial charge < -0.3 is 5.11 Å². The Morgan fingerprint density at radius 1 is 1.20 bits per heavy atom. The van der Waals surface area contributed by atoms with Gasteiger partial charge in [0.1, 0.15) is 11.6 Å². The van der Waals surface area contributed by atoms with Crippen molar-refractivity contribution in [2.24, 2.45) is 0 Å². The molecular formula is C13H7F2N3O2. The summed E-state index contributed by atoms with van der Waals surface area (Å²) in [4.78, 5) is 18.6. The first-order valence-electron chi connectivity index (χ1n) is 5.58. The minimum atomic E-state index is -1.20. The van der Waals surface area contributed by atoms with Crippen molar-refractivity contribution in [2.45, 2.75) is 0 Å². The summed E-state index contributed by atoms with van der Waals surface area (Å²) in [5.41, 5.74) is 0.472. The molecule has 2 aromatic heterocycles. The highest BCUT2D eigenvalue weighted by molar-refractivity contribution is 5.86. The zero-order chi connectivity index (χ0) is 14.3. The summed E-state index contributed by atoms with van der Waals surface area (Å²) in [7, 11) is 0. The van der Waals surface area contributed by atoms with Crippen molar-refractivity contribution in [3.05, 3.63) is 54.0 Å². The van der Waals surface area contributed by atoms with Crippen molar-refractivity contribution in [1.82, 2.24) is 14.4 Å². The van der Waals surface area contributed by atoms with Gasteiger partial charge >= 0.3 is 5.97 Å². The fourth-order valence-corrected chi connectivity index (χ4v) is 1.93. The van der Waals surface area contributed by atoms with Crippen LogP contribution in [0.1, 0.15) is 10.5 Å². The van der Waals surface area contributed by atoms with Crippen LogP contribution in [-0.4, -0.2) is 25.4 Å². The summed E-state index contributed by atoms with van der Waals surface area (Å²) >= 11 is 0.